The van der Waals surface area contributed by atoms with Gasteiger partial charge in [0.05, 0.1) is 33.0 Å². The van der Waals surface area contributed by atoms with Crippen LogP contribution in [-0.2, 0) is 9.53 Å². The topological polar surface area (TPSA) is 86.6 Å². The van der Waals surface area contributed by atoms with Gasteiger partial charge in [-0.2, -0.15) is 0 Å². The summed E-state index contributed by atoms with van der Waals surface area (Å²) in [6.07, 6.45) is 0.966. The number of aliphatic hydroxyl groups is 1. The highest BCUT2D eigenvalue weighted by Crippen LogP contribution is 2.21. The number of morpholine rings is 1. The standard InChI is InChI=1S/C22H34N4O4.HI/c1-3-23-22(24-16-20(27)17-4-6-19(29-2)7-5-17)26-10-8-18(9-11-26)21(28)25-12-14-30-15-13-25;/h4-7,18,20,27H,3,8-16H2,1-2H3,(H,23,24);1H. The maximum atomic E-state index is 12.7. The largest absolute Gasteiger partial charge is 0.497 e. The summed E-state index contributed by atoms with van der Waals surface area (Å²) in [5, 5.41) is 13.8. The first-order valence-corrected chi connectivity index (χ1v) is 10.8. The van der Waals surface area contributed by atoms with Crippen molar-refractivity contribution in [1.82, 2.24) is 15.1 Å². The fraction of sp³-hybridized carbons (Fsp3) is 0.636. The van der Waals surface area contributed by atoms with Gasteiger partial charge >= 0.3 is 0 Å². The molecule has 0 aliphatic carbocycles. The SMILES string of the molecule is CCNC(=NCC(O)c1ccc(OC)cc1)N1CCC(C(=O)N2CCOCC2)CC1.I. The normalized spacial score (nSPS) is 18.9. The molecule has 31 heavy (non-hydrogen) atoms. The number of likely N-dealkylation sites (tertiary alicyclic amines) is 1. The third kappa shape index (κ3) is 7.21. The van der Waals surface area contributed by atoms with Crippen LogP contribution in [0.3, 0.4) is 0 Å². The van der Waals surface area contributed by atoms with Crippen molar-refractivity contribution in [2.24, 2.45) is 10.9 Å². The molecule has 0 aromatic heterocycles. The molecule has 1 aromatic carbocycles. The smallest absolute Gasteiger partial charge is 0.225 e. The van der Waals surface area contributed by atoms with Gasteiger partial charge in [-0.25, -0.2) is 0 Å². The first-order chi connectivity index (χ1) is 14.6. The Morgan fingerprint density at radius 1 is 1.19 bits per heavy atom. The van der Waals surface area contributed by atoms with Crippen LogP contribution in [0.2, 0.25) is 0 Å². The fourth-order valence-electron chi connectivity index (χ4n) is 3.91. The molecule has 2 fully saturated rings. The van der Waals surface area contributed by atoms with E-state index in [-0.39, 0.29) is 42.3 Å². The number of rotatable bonds is 6. The Morgan fingerprint density at radius 3 is 2.42 bits per heavy atom. The van der Waals surface area contributed by atoms with E-state index in [1.54, 1.807) is 7.11 Å². The maximum absolute atomic E-state index is 12.7. The zero-order chi connectivity index (χ0) is 21.3. The van der Waals surface area contributed by atoms with Crippen LogP contribution in [0.15, 0.2) is 29.3 Å². The second-order valence-electron chi connectivity index (χ2n) is 7.68. The average molecular weight is 546 g/mol. The molecule has 174 valence electrons. The zero-order valence-corrected chi connectivity index (χ0v) is 20.8. The summed E-state index contributed by atoms with van der Waals surface area (Å²) < 4.78 is 10.5. The van der Waals surface area contributed by atoms with Gasteiger partial charge in [0.25, 0.3) is 0 Å². The molecule has 1 aromatic rings. The van der Waals surface area contributed by atoms with Gasteiger partial charge in [-0.3, -0.25) is 9.79 Å². The van der Waals surface area contributed by atoms with Crippen LogP contribution in [0.25, 0.3) is 0 Å². The summed E-state index contributed by atoms with van der Waals surface area (Å²) >= 11 is 0. The number of piperidine rings is 1. The molecule has 2 aliphatic rings. The van der Waals surface area contributed by atoms with Gasteiger partial charge < -0.3 is 29.7 Å². The van der Waals surface area contributed by atoms with Crippen LogP contribution >= 0.6 is 24.0 Å². The number of guanidine groups is 1. The van der Waals surface area contributed by atoms with E-state index in [2.05, 4.69) is 15.2 Å². The summed E-state index contributed by atoms with van der Waals surface area (Å²) in [5.41, 5.74) is 0.810. The number of carbonyl (C=O) groups excluding carboxylic acids is 1. The van der Waals surface area contributed by atoms with Gasteiger partial charge in [-0.05, 0) is 37.5 Å². The van der Waals surface area contributed by atoms with Crippen LogP contribution in [0.1, 0.15) is 31.4 Å². The van der Waals surface area contributed by atoms with Gasteiger partial charge in [0.2, 0.25) is 5.91 Å². The quantitative estimate of drug-likeness (QED) is 0.322. The predicted octanol–water partition coefficient (Wildman–Crippen LogP) is 1.88. The van der Waals surface area contributed by atoms with E-state index in [4.69, 9.17) is 9.47 Å². The molecule has 1 atom stereocenters. The first kappa shape index (κ1) is 25.7. The summed E-state index contributed by atoms with van der Waals surface area (Å²) in [6.45, 7) is 7.31. The second-order valence-corrected chi connectivity index (χ2v) is 7.68. The number of carbonyl (C=O) groups is 1. The van der Waals surface area contributed by atoms with Crippen molar-refractivity contribution in [2.75, 3.05) is 59.6 Å². The van der Waals surface area contributed by atoms with Crippen molar-refractivity contribution < 1.29 is 19.4 Å². The lowest BCUT2D eigenvalue weighted by Crippen LogP contribution is -2.50. The number of hydrogen-bond acceptors (Lipinski definition) is 5. The van der Waals surface area contributed by atoms with Crippen LogP contribution in [0.5, 0.6) is 5.75 Å². The minimum Gasteiger partial charge on any atom is -0.497 e. The van der Waals surface area contributed by atoms with Gasteiger partial charge in [-0.15, -0.1) is 24.0 Å². The third-order valence-electron chi connectivity index (χ3n) is 5.72. The number of benzene rings is 1. The molecule has 2 aliphatic heterocycles. The lowest BCUT2D eigenvalue weighted by molar-refractivity contribution is -0.140. The predicted molar refractivity (Wildman–Crippen MR) is 131 cm³/mol. The number of halogens is 1. The van der Waals surface area contributed by atoms with Crippen LogP contribution in [-0.4, -0.2) is 86.4 Å². The van der Waals surface area contributed by atoms with E-state index in [1.807, 2.05) is 36.1 Å². The zero-order valence-electron chi connectivity index (χ0n) is 18.5. The van der Waals surface area contributed by atoms with E-state index >= 15 is 0 Å². The van der Waals surface area contributed by atoms with Crippen molar-refractivity contribution in [3.63, 3.8) is 0 Å². The van der Waals surface area contributed by atoms with E-state index in [0.717, 1.165) is 49.7 Å². The first-order valence-electron chi connectivity index (χ1n) is 10.8. The minimum absolute atomic E-state index is 0. The van der Waals surface area contributed by atoms with E-state index in [9.17, 15) is 9.90 Å². The van der Waals surface area contributed by atoms with Crippen molar-refractivity contribution >= 4 is 35.8 Å². The number of ether oxygens (including phenoxy) is 2. The number of nitrogens with zero attached hydrogens (tertiary/aromatic N) is 3. The van der Waals surface area contributed by atoms with Crippen LogP contribution in [0, 0.1) is 5.92 Å². The molecular weight excluding hydrogens is 511 g/mol. The maximum Gasteiger partial charge on any atom is 0.225 e. The van der Waals surface area contributed by atoms with Crippen molar-refractivity contribution in [2.45, 2.75) is 25.9 Å². The molecule has 0 spiro atoms. The van der Waals surface area contributed by atoms with Gasteiger partial charge in [0, 0.05) is 38.6 Å². The van der Waals surface area contributed by atoms with Crippen LogP contribution < -0.4 is 10.1 Å². The molecule has 9 heteroatoms. The molecule has 8 nitrogen and oxygen atoms in total. The van der Waals surface area contributed by atoms with Crippen LogP contribution in [0.4, 0.5) is 0 Å². The number of nitrogens with one attached hydrogen (secondary N) is 1. The molecule has 1 unspecified atom stereocenters. The average Bonchev–Trinajstić information content (AvgIpc) is 2.82. The number of methoxy groups -OCH3 is 1. The Hall–Kier alpha value is -1.59. The molecular formula is C22H35IN4O4. The monoisotopic (exact) mass is 546 g/mol. The molecule has 2 N–H and O–H groups in total. The number of aliphatic hydroxyl groups excluding tert-OH is 1. The fourth-order valence-corrected chi connectivity index (χ4v) is 3.91. The van der Waals surface area contributed by atoms with Gasteiger partial charge in [0.1, 0.15) is 5.75 Å². The van der Waals surface area contributed by atoms with Crippen molar-refractivity contribution in [1.29, 1.82) is 0 Å². The Bertz CT molecular complexity index is 702. The Kier molecular flexibility index (Phi) is 10.8. The number of aliphatic imine (C=N–C) groups is 1. The summed E-state index contributed by atoms with van der Waals surface area (Å²) in [4.78, 5) is 21.5. The lowest BCUT2D eigenvalue weighted by atomic mass is 9.95. The Balaban J connectivity index is 0.00000341. The van der Waals surface area contributed by atoms with E-state index in [1.165, 1.54) is 0 Å². The highest BCUT2D eigenvalue weighted by atomic mass is 127. The van der Waals surface area contributed by atoms with Gasteiger partial charge in [-0.1, -0.05) is 12.1 Å². The molecule has 2 heterocycles. The molecule has 1 amide bonds. The number of hydrogen-bond donors (Lipinski definition) is 2. The van der Waals surface area contributed by atoms with Crippen molar-refractivity contribution in [3.05, 3.63) is 29.8 Å². The Morgan fingerprint density at radius 2 is 1.84 bits per heavy atom. The van der Waals surface area contributed by atoms with E-state index < -0.39 is 6.10 Å². The van der Waals surface area contributed by atoms with Gasteiger partial charge in [0.15, 0.2) is 5.96 Å². The molecule has 3 rings (SSSR count). The Labute approximate surface area is 202 Å². The minimum atomic E-state index is -0.676. The summed E-state index contributed by atoms with van der Waals surface area (Å²) in [7, 11) is 1.62. The lowest BCUT2D eigenvalue weighted by Gasteiger charge is -2.36. The number of amides is 1. The highest BCUT2D eigenvalue weighted by molar-refractivity contribution is 14.0. The molecule has 0 saturated carbocycles. The van der Waals surface area contributed by atoms with Crippen molar-refractivity contribution in [3.8, 4) is 5.75 Å². The molecule has 0 radical (unpaired) electrons. The molecule has 0 bridgehead atoms. The third-order valence-corrected chi connectivity index (χ3v) is 5.72. The highest BCUT2D eigenvalue weighted by Gasteiger charge is 2.30. The molecule has 2 saturated heterocycles. The second kappa shape index (κ2) is 13.1. The van der Waals surface area contributed by atoms with E-state index in [0.29, 0.717) is 26.3 Å². The summed E-state index contributed by atoms with van der Waals surface area (Å²) in [6, 6.07) is 7.39. The summed E-state index contributed by atoms with van der Waals surface area (Å²) in [5.74, 6) is 1.89.